The van der Waals surface area contributed by atoms with Crippen LogP contribution in [0.5, 0.6) is 5.75 Å². The van der Waals surface area contributed by atoms with E-state index in [0.717, 1.165) is 5.56 Å². The van der Waals surface area contributed by atoms with E-state index in [-0.39, 0.29) is 5.75 Å². The summed E-state index contributed by atoms with van der Waals surface area (Å²) in [6.07, 6.45) is -1.07. The molecular formula is C11H14FNO3. The average molecular weight is 227 g/mol. The molecule has 1 atom stereocenters. The lowest BCUT2D eigenvalue weighted by atomic mass is 10.2. The molecule has 16 heavy (non-hydrogen) atoms. The molecule has 0 aliphatic rings. The van der Waals surface area contributed by atoms with Crippen molar-refractivity contribution in [3.8, 4) is 5.75 Å². The van der Waals surface area contributed by atoms with Crippen LogP contribution in [0.1, 0.15) is 12.5 Å². The lowest BCUT2D eigenvalue weighted by Crippen LogP contribution is -2.23. The van der Waals surface area contributed by atoms with Crippen LogP contribution < -0.4 is 10.1 Å². The Hall–Kier alpha value is -1.62. The van der Waals surface area contributed by atoms with Gasteiger partial charge in [0.05, 0.1) is 0 Å². The van der Waals surface area contributed by atoms with Crippen LogP contribution in [0.25, 0.3) is 0 Å². The monoisotopic (exact) mass is 227 g/mol. The van der Waals surface area contributed by atoms with Gasteiger partial charge in [0.15, 0.2) is 17.7 Å². The van der Waals surface area contributed by atoms with Crippen LogP contribution in [-0.2, 0) is 11.3 Å². The number of halogens is 1. The Balaban J connectivity index is 2.78. The van der Waals surface area contributed by atoms with Crippen LogP contribution in [0.3, 0.4) is 0 Å². The predicted octanol–water partition coefficient (Wildman–Crippen LogP) is 1.40. The molecule has 0 aromatic heterocycles. The van der Waals surface area contributed by atoms with Crippen LogP contribution in [0, 0.1) is 5.82 Å². The number of carbonyl (C=O) groups is 1. The number of benzene rings is 1. The lowest BCUT2D eigenvalue weighted by molar-refractivity contribution is -0.144. The third kappa shape index (κ3) is 3.20. The number of carboxylic acids is 1. The highest BCUT2D eigenvalue weighted by atomic mass is 19.1. The summed E-state index contributed by atoms with van der Waals surface area (Å²) in [7, 11) is 1.76. The summed E-state index contributed by atoms with van der Waals surface area (Å²) in [6.45, 7) is 1.90. The standard InChI is InChI=1S/C11H14FNO3/c1-7(11(14)15)16-10-4-3-8(6-13-2)5-9(10)12/h3-5,7,13H,6H2,1-2H3,(H,14,15). The minimum absolute atomic E-state index is 0.0465. The van der Waals surface area contributed by atoms with Gasteiger partial charge in [-0.25, -0.2) is 9.18 Å². The van der Waals surface area contributed by atoms with Crippen molar-refractivity contribution in [3.63, 3.8) is 0 Å². The van der Waals surface area contributed by atoms with Gasteiger partial charge in [-0.2, -0.15) is 0 Å². The fourth-order valence-electron chi connectivity index (χ4n) is 1.19. The van der Waals surface area contributed by atoms with Crippen molar-refractivity contribution in [1.82, 2.24) is 5.32 Å². The van der Waals surface area contributed by atoms with Gasteiger partial charge in [0.1, 0.15) is 0 Å². The van der Waals surface area contributed by atoms with Crippen molar-refractivity contribution in [2.75, 3.05) is 7.05 Å². The highest BCUT2D eigenvalue weighted by Gasteiger charge is 2.14. The lowest BCUT2D eigenvalue weighted by Gasteiger charge is -2.11. The van der Waals surface area contributed by atoms with Crippen molar-refractivity contribution in [2.24, 2.45) is 0 Å². The van der Waals surface area contributed by atoms with Gasteiger partial charge in [-0.05, 0) is 31.7 Å². The molecule has 0 saturated carbocycles. The SMILES string of the molecule is CNCc1ccc(OC(C)C(=O)O)c(F)c1. The van der Waals surface area contributed by atoms with Gasteiger partial charge >= 0.3 is 5.97 Å². The van der Waals surface area contributed by atoms with E-state index in [4.69, 9.17) is 9.84 Å². The molecule has 0 fully saturated rings. The molecule has 0 heterocycles. The summed E-state index contributed by atoms with van der Waals surface area (Å²) in [5.41, 5.74) is 0.773. The Labute approximate surface area is 93.0 Å². The third-order valence-corrected chi connectivity index (χ3v) is 2.03. The maximum atomic E-state index is 13.5. The first-order valence-corrected chi connectivity index (χ1v) is 4.87. The van der Waals surface area contributed by atoms with Crippen LogP contribution in [0.4, 0.5) is 4.39 Å². The zero-order valence-corrected chi connectivity index (χ0v) is 9.16. The topological polar surface area (TPSA) is 58.6 Å². The zero-order valence-electron chi connectivity index (χ0n) is 9.16. The Morgan fingerprint density at radius 2 is 2.31 bits per heavy atom. The van der Waals surface area contributed by atoms with E-state index in [9.17, 15) is 9.18 Å². The molecule has 1 rings (SSSR count). The molecule has 0 radical (unpaired) electrons. The number of rotatable bonds is 5. The molecule has 0 spiro atoms. The molecule has 5 heteroatoms. The first-order valence-electron chi connectivity index (χ1n) is 4.87. The van der Waals surface area contributed by atoms with E-state index in [1.807, 2.05) is 0 Å². The Bertz CT molecular complexity index is 381. The molecule has 1 aromatic rings. The van der Waals surface area contributed by atoms with Gasteiger partial charge in [-0.1, -0.05) is 6.07 Å². The fourth-order valence-corrected chi connectivity index (χ4v) is 1.19. The zero-order chi connectivity index (χ0) is 12.1. The Kier molecular flexibility index (Phi) is 4.25. The number of ether oxygens (including phenoxy) is 1. The second-order valence-electron chi connectivity index (χ2n) is 3.39. The molecule has 1 unspecified atom stereocenters. The summed E-state index contributed by atoms with van der Waals surface area (Å²) >= 11 is 0. The minimum Gasteiger partial charge on any atom is -0.479 e. The maximum Gasteiger partial charge on any atom is 0.344 e. The van der Waals surface area contributed by atoms with Gasteiger partial charge in [-0.15, -0.1) is 0 Å². The van der Waals surface area contributed by atoms with Crippen molar-refractivity contribution in [2.45, 2.75) is 19.6 Å². The Morgan fingerprint density at radius 1 is 1.62 bits per heavy atom. The molecule has 2 N–H and O–H groups in total. The fraction of sp³-hybridized carbons (Fsp3) is 0.364. The summed E-state index contributed by atoms with van der Waals surface area (Å²) in [4.78, 5) is 10.5. The first kappa shape index (κ1) is 12.4. The summed E-state index contributed by atoms with van der Waals surface area (Å²) < 4.78 is 18.4. The second kappa shape index (κ2) is 5.46. The highest BCUT2D eigenvalue weighted by Crippen LogP contribution is 2.19. The molecular weight excluding hydrogens is 213 g/mol. The average Bonchev–Trinajstić information content (AvgIpc) is 2.22. The van der Waals surface area contributed by atoms with E-state index in [2.05, 4.69) is 5.32 Å². The number of nitrogens with one attached hydrogen (secondary N) is 1. The van der Waals surface area contributed by atoms with E-state index in [0.29, 0.717) is 6.54 Å². The number of aliphatic carboxylic acids is 1. The number of carboxylic acid groups (broad SMARTS) is 1. The molecule has 0 aliphatic carbocycles. The third-order valence-electron chi connectivity index (χ3n) is 2.03. The molecule has 0 aliphatic heterocycles. The van der Waals surface area contributed by atoms with Crippen LogP contribution in [0.15, 0.2) is 18.2 Å². The molecule has 88 valence electrons. The number of hydrogen-bond donors (Lipinski definition) is 2. The number of hydrogen-bond acceptors (Lipinski definition) is 3. The van der Waals surface area contributed by atoms with Gasteiger partial charge in [-0.3, -0.25) is 0 Å². The molecule has 0 bridgehead atoms. The van der Waals surface area contributed by atoms with Gasteiger partial charge in [0.25, 0.3) is 0 Å². The van der Waals surface area contributed by atoms with Crippen LogP contribution in [0.2, 0.25) is 0 Å². The van der Waals surface area contributed by atoms with Crippen molar-refractivity contribution < 1.29 is 19.0 Å². The van der Waals surface area contributed by atoms with Gasteiger partial charge < -0.3 is 15.2 Å². The van der Waals surface area contributed by atoms with Crippen LogP contribution >= 0.6 is 0 Å². The molecule has 4 nitrogen and oxygen atoms in total. The smallest absolute Gasteiger partial charge is 0.344 e. The molecule has 1 aromatic carbocycles. The van der Waals surface area contributed by atoms with E-state index in [1.165, 1.54) is 19.1 Å². The quantitative estimate of drug-likeness (QED) is 0.798. The predicted molar refractivity (Wildman–Crippen MR) is 56.9 cm³/mol. The Morgan fingerprint density at radius 3 is 2.81 bits per heavy atom. The van der Waals surface area contributed by atoms with E-state index < -0.39 is 17.9 Å². The maximum absolute atomic E-state index is 13.5. The van der Waals surface area contributed by atoms with E-state index >= 15 is 0 Å². The van der Waals surface area contributed by atoms with E-state index in [1.54, 1.807) is 13.1 Å². The summed E-state index contributed by atoms with van der Waals surface area (Å²) in [6, 6.07) is 4.44. The summed E-state index contributed by atoms with van der Waals surface area (Å²) in [5, 5.41) is 11.5. The van der Waals surface area contributed by atoms with Crippen molar-refractivity contribution in [3.05, 3.63) is 29.6 Å². The van der Waals surface area contributed by atoms with Crippen molar-refractivity contribution >= 4 is 5.97 Å². The normalized spacial score (nSPS) is 12.2. The minimum atomic E-state index is -1.13. The van der Waals surface area contributed by atoms with Gasteiger partial charge in [0.2, 0.25) is 0 Å². The van der Waals surface area contributed by atoms with Crippen LogP contribution in [-0.4, -0.2) is 24.2 Å². The van der Waals surface area contributed by atoms with Crippen molar-refractivity contribution in [1.29, 1.82) is 0 Å². The van der Waals surface area contributed by atoms with Gasteiger partial charge in [0, 0.05) is 6.54 Å². The first-order chi connectivity index (χ1) is 7.54. The second-order valence-corrected chi connectivity index (χ2v) is 3.39. The molecule has 0 saturated heterocycles. The highest BCUT2D eigenvalue weighted by molar-refractivity contribution is 5.72. The largest absolute Gasteiger partial charge is 0.479 e. The summed E-state index contributed by atoms with van der Waals surface area (Å²) in [5.74, 6) is -1.73. The molecule has 0 amide bonds.